The Hall–Kier alpha value is -0.0431. The van der Waals surface area contributed by atoms with E-state index >= 15 is 0 Å². The maximum absolute atomic E-state index is 11.8. The smallest absolute Gasteiger partial charge is 0.138 e. The van der Waals surface area contributed by atoms with Gasteiger partial charge in [-0.25, -0.2) is 0 Å². The van der Waals surface area contributed by atoms with Crippen LogP contribution in [0.1, 0.15) is 26.2 Å². The molecule has 0 aromatic rings. The fraction of sp³-hybridized carbons (Fsp3) is 0.923. The molecule has 0 amide bonds. The zero-order valence-corrected chi connectivity index (χ0v) is 14.2. The molecule has 6 heteroatoms. The second kappa shape index (κ2) is 6.61. The molecule has 0 bridgehead atoms. The first-order valence-electron chi connectivity index (χ1n) is 6.84. The standard InChI is InChI=1S/C13H26O4SSi/c1-13(18(15)16)6-5-12(14)11(9-13)10-17-7-8-19(2,3)4/h11H,5-10H2,1-4H3,(H,15,16)/p-1. The number of ether oxygens (including phenoxy) is 1. The normalized spacial score (nSPS) is 30.4. The third kappa shape index (κ3) is 5.45. The van der Waals surface area contributed by atoms with Crippen molar-refractivity contribution in [3.8, 4) is 0 Å². The first-order chi connectivity index (χ1) is 8.64. The third-order valence-electron chi connectivity index (χ3n) is 3.75. The third-order valence-corrected chi connectivity index (χ3v) is 6.63. The molecule has 1 aliphatic carbocycles. The first kappa shape index (κ1) is 17.0. The van der Waals surface area contributed by atoms with E-state index in [-0.39, 0.29) is 11.7 Å². The van der Waals surface area contributed by atoms with Crippen LogP contribution in [0.25, 0.3) is 0 Å². The van der Waals surface area contributed by atoms with Gasteiger partial charge >= 0.3 is 0 Å². The van der Waals surface area contributed by atoms with Crippen molar-refractivity contribution in [2.75, 3.05) is 13.2 Å². The second-order valence-electron chi connectivity index (χ2n) is 6.94. The number of carbonyl (C=O) groups excluding carboxylic acids is 1. The Bertz CT molecular complexity index is 353. The summed E-state index contributed by atoms with van der Waals surface area (Å²) >= 11 is -2.13. The number of ketones is 1. The maximum atomic E-state index is 11.8. The van der Waals surface area contributed by atoms with Crippen LogP contribution in [0.3, 0.4) is 0 Å². The van der Waals surface area contributed by atoms with Crippen molar-refractivity contribution in [3.05, 3.63) is 0 Å². The second-order valence-corrected chi connectivity index (χ2v) is 14.0. The number of hydrogen-bond donors (Lipinski definition) is 0. The lowest BCUT2D eigenvalue weighted by Crippen LogP contribution is -2.42. The molecule has 0 radical (unpaired) electrons. The number of hydrogen-bond acceptors (Lipinski definition) is 4. The average Bonchev–Trinajstić information content (AvgIpc) is 2.27. The Morgan fingerprint density at radius 1 is 1.47 bits per heavy atom. The van der Waals surface area contributed by atoms with E-state index in [4.69, 9.17) is 4.74 Å². The van der Waals surface area contributed by atoms with Crippen molar-refractivity contribution in [1.29, 1.82) is 0 Å². The van der Waals surface area contributed by atoms with Gasteiger partial charge in [0.2, 0.25) is 0 Å². The lowest BCUT2D eigenvalue weighted by atomic mass is 9.81. The van der Waals surface area contributed by atoms with E-state index in [0.29, 0.717) is 32.5 Å². The van der Waals surface area contributed by atoms with Crippen molar-refractivity contribution < 1.29 is 18.3 Å². The molecule has 0 aromatic heterocycles. The fourth-order valence-corrected chi connectivity index (χ4v) is 3.60. The zero-order chi connectivity index (χ0) is 14.7. The van der Waals surface area contributed by atoms with E-state index in [9.17, 15) is 13.6 Å². The summed E-state index contributed by atoms with van der Waals surface area (Å²) in [6, 6.07) is 1.07. The van der Waals surface area contributed by atoms with Crippen molar-refractivity contribution in [2.24, 2.45) is 5.92 Å². The van der Waals surface area contributed by atoms with E-state index in [0.717, 1.165) is 6.04 Å². The van der Waals surface area contributed by atoms with Gasteiger partial charge in [0.25, 0.3) is 0 Å². The summed E-state index contributed by atoms with van der Waals surface area (Å²) in [5, 5.41) is 0. The van der Waals surface area contributed by atoms with Gasteiger partial charge < -0.3 is 9.29 Å². The molecule has 0 heterocycles. The molecule has 1 rings (SSSR count). The highest BCUT2D eigenvalue weighted by Crippen LogP contribution is 2.34. The molecule has 3 unspecified atom stereocenters. The van der Waals surface area contributed by atoms with Crippen molar-refractivity contribution in [2.45, 2.75) is 56.6 Å². The van der Waals surface area contributed by atoms with Crippen LogP contribution in [0, 0.1) is 5.92 Å². The van der Waals surface area contributed by atoms with Crippen LogP contribution in [-0.4, -0.2) is 40.6 Å². The SMILES string of the molecule is CC1(S(=O)[O-])CCC(=O)C(COCC[Si](C)(C)C)C1. The number of carbonyl (C=O) groups is 1. The topological polar surface area (TPSA) is 66.4 Å². The highest BCUT2D eigenvalue weighted by Gasteiger charge is 2.37. The lowest BCUT2D eigenvalue weighted by molar-refractivity contribution is -0.127. The molecule has 1 saturated carbocycles. The molecule has 0 saturated heterocycles. The highest BCUT2D eigenvalue weighted by atomic mass is 32.2. The van der Waals surface area contributed by atoms with Crippen molar-refractivity contribution >= 4 is 24.9 Å². The van der Waals surface area contributed by atoms with Gasteiger partial charge in [-0.2, -0.15) is 0 Å². The average molecular weight is 305 g/mol. The van der Waals surface area contributed by atoms with Crippen LogP contribution in [0.5, 0.6) is 0 Å². The Morgan fingerprint density at radius 3 is 2.63 bits per heavy atom. The van der Waals surface area contributed by atoms with E-state index in [2.05, 4.69) is 19.6 Å². The highest BCUT2D eigenvalue weighted by molar-refractivity contribution is 7.80. The zero-order valence-electron chi connectivity index (χ0n) is 12.4. The van der Waals surface area contributed by atoms with E-state index in [1.54, 1.807) is 6.92 Å². The number of Topliss-reactive ketones (excluding diaryl/α,β-unsaturated/α-hetero) is 1. The predicted octanol–water partition coefficient (Wildman–Crippen LogP) is 2.35. The van der Waals surface area contributed by atoms with Crippen LogP contribution >= 0.6 is 0 Å². The van der Waals surface area contributed by atoms with Crippen LogP contribution < -0.4 is 0 Å². The minimum absolute atomic E-state index is 0.149. The van der Waals surface area contributed by atoms with Crippen LogP contribution in [0.4, 0.5) is 0 Å². The van der Waals surface area contributed by atoms with Crippen molar-refractivity contribution in [3.63, 3.8) is 0 Å². The molecule has 19 heavy (non-hydrogen) atoms. The van der Waals surface area contributed by atoms with Gasteiger partial charge in [-0.15, -0.1) is 0 Å². The fourth-order valence-electron chi connectivity index (χ4n) is 2.24. The minimum Gasteiger partial charge on any atom is -0.772 e. The summed E-state index contributed by atoms with van der Waals surface area (Å²) in [6.45, 7) is 9.60. The summed E-state index contributed by atoms with van der Waals surface area (Å²) < 4.78 is 27.3. The molecule has 1 aliphatic rings. The predicted molar refractivity (Wildman–Crippen MR) is 78.6 cm³/mol. The van der Waals surface area contributed by atoms with Gasteiger partial charge in [-0.1, -0.05) is 19.6 Å². The summed E-state index contributed by atoms with van der Waals surface area (Å²) in [5.41, 5.74) is 0. The quantitative estimate of drug-likeness (QED) is 0.429. The largest absolute Gasteiger partial charge is 0.772 e. The van der Waals surface area contributed by atoms with Crippen LogP contribution in [-0.2, 0) is 20.6 Å². The Labute approximate surface area is 119 Å². The molecule has 0 aromatic carbocycles. The van der Waals surface area contributed by atoms with Gasteiger partial charge in [-0.05, 0) is 36.9 Å². The lowest BCUT2D eigenvalue weighted by Gasteiger charge is -2.38. The summed E-state index contributed by atoms with van der Waals surface area (Å²) in [5.74, 6) is -0.103. The summed E-state index contributed by atoms with van der Waals surface area (Å²) in [6.07, 6.45) is 1.19. The van der Waals surface area contributed by atoms with E-state index in [1.807, 2.05) is 0 Å². The van der Waals surface area contributed by atoms with Crippen molar-refractivity contribution in [1.82, 2.24) is 0 Å². The summed E-state index contributed by atoms with van der Waals surface area (Å²) in [7, 11) is -1.12. The van der Waals surface area contributed by atoms with Gasteiger partial charge in [0.15, 0.2) is 0 Å². The molecular weight excluding hydrogens is 280 g/mol. The monoisotopic (exact) mass is 305 g/mol. The Morgan fingerprint density at radius 2 is 2.11 bits per heavy atom. The molecule has 1 fully saturated rings. The van der Waals surface area contributed by atoms with Gasteiger partial charge in [0.05, 0.1) is 6.61 Å². The minimum atomic E-state index is -2.13. The molecule has 0 N–H and O–H groups in total. The van der Waals surface area contributed by atoms with Gasteiger partial charge in [-0.3, -0.25) is 9.00 Å². The molecule has 0 spiro atoms. The molecule has 3 atom stereocenters. The van der Waals surface area contributed by atoms with Crippen LogP contribution in [0.15, 0.2) is 0 Å². The Kier molecular flexibility index (Phi) is 5.91. The molecular formula is C13H25O4SSi-. The summed E-state index contributed by atoms with van der Waals surface area (Å²) in [4.78, 5) is 11.8. The van der Waals surface area contributed by atoms with Gasteiger partial charge in [0, 0.05) is 31.8 Å². The van der Waals surface area contributed by atoms with Gasteiger partial charge in [0.1, 0.15) is 5.78 Å². The van der Waals surface area contributed by atoms with E-state index < -0.39 is 23.9 Å². The maximum Gasteiger partial charge on any atom is 0.138 e. The number of rotatable bonds is 6. The van der Waals surface area contributed by atoms with Crippen LogP contribution in [0.2, 0.25) is 25.7 Å². The first-order valence-corrected chi connectivity index (χ1v) is 11.6. The molecule has 0 aliphatic heterocycles. The molecule has 112 valence electrons. The van der Waals surface area contributed by atoms with E-state index in [1.165, 1.54) is 0 Å². The Balaban J connectivity index is 2.43. The molecule has 4 nitrogen and oxygen atoms in total.